The van der Waals surface area contributed by atoms with Gasteiger partial charge in [-0.1, -0.05) is 12.1 Å². The van der Waals surface area contributed by atoms with Crippen molar-refractivity contribution in [2.24, 2.45) is 0 Å². The van der Waals surface area contributed by atoms with Gasteiger partial charge in [-0.25, -0.2) is 0 Å². The zero-order valence-electron chi connectivity index (χ0n) is 18.7. The Morgan fingerprint density at radius 2 is 1.78 bits per heavy atom. The molecule has 1 aromatic heterocycles. The van der Waals surface area contributed by atoms with E-state index in [-0.39, 0.29) is 5.91 Å². The maximum atomic E-state index is 13.0. The van der Waals surface area contributed by atoms with Gasteiger partial charge < -0.3 is 24.3 Å². The maximum Gasteiger partial charge on any atom is 0.247 e. The highest BCUT2D eigenvalue weighted by atomic mass is 16.6. The lowest BCUT2D eigenvalue weighted by molar-refractivity contribution is -0.129. The number of aromatic nitrogens is 2. The van der Waals surface area contributed by atoms with Crippen LogP contribution in [0, 0.1) is 0 Å². The van der Waals surface area contributed by atoms with E-state index < -0.39 is 5.54 Å². The molecule has 0 atom stereocenters. The first-order valence-electron chi connectivity index (χ1n) is 10.4. The Hall–Kier alpha value is -3.68. The van der Waals surface area contributed by atoms with Crippen molar-refractivity contribution in [2.75, 3.05) is 27.4 Å². The Morgan fingerprint density at radius 3 is 2.53 bits per heavy atom. The van der Waals surface area contributed by atoms with Crippen LogP contribution >= 0.6 is 0 Å². The van der Waals surface area contributed by atoms with Crippen molar-refractivity contribution in [2.45, 2.75) is 25.9 Å². The number of ether oxygens (including phenoxy) is 4. The van der Waals surface area contributed by atoms with Gasteiger partial charge in [0.25, 0.3) is 0 Å². The zero-order chi connectivity index (χ0) is 22.7. The minimum absolute atomic E-state index is 0.144. The fourth-order valence-corrected chi connectivity index (χ4v) is 3.49. The van der Waals surface area contributed by atoms with E-state index >= 15 is 0 Å². The van der Waals surface area contributed by atoms with Crippen LogP contribution in [0.2, 0.25) is 0 Å². The van der Waals surface area contributed by atoms with E-state index in [1.807, 2.05) is 56.4 Å². The molecule has 0 bridgehead atoms. The van der Waals surface area contributed by atoms with Gasteiger partial charge in [-0.2, -0.15) is 5.10 Å². The minimum Gasteiger partial charge on any atom is -0.493 e. The van der Waals surface area contributed by atoms with Crippen molar-refractivity contribution in [3.63, 3.8) is 0 Å². The Balaban J connectivity index is 1.46. The number of hydrogen-bond acceptors (Lipinski definition) is 6. The lowest BCUT2D eigenvalue weighted by atomic mass is 10.0. The van der Waals surface area contributed by atoms with Gasteiger partial charge in [0.2, 0.25) is 5.91 Å². The van der Waals surface area contributed by atoms with Crippen LogP contribution in [0.5, 0.6) is 23.0 Å². The first kappa shape index (κ1) is 21.5. The van der Waals surface area contributed by atoms with Crippen molar-refractivity contribution in [1.29, 1.82) is 0 Å². The molecule has 0 fully saturated rings. The average molecular weight is 437 g/mol. The number of nitrogens with one attached hydrogen (secondary N) is 1. The summed E-state index contributed by atoms with van der Waals surface area (Å²) in [6.45, 7) is 5.11. The minimum atomic E-state index is -0.886. The Bertz CT molecular complexity index is 1120. The molecule has 168 valence electrons. The number of nitrogens with zero attached hydrogens (tertiary/aromatic N) is 2. The molecule has 1 N–H and O–H groups in total. The first-order valence-corrected chi connectivity index (χ1v) is 10.4. The Morgan fingerprint density at radius 1 is 1.03 bits per heavy atom. The van der Waals surface area contributed by atoms with Crippen LogP contribution in [0.15, 0.2) is 48.8 Å². The molecule has 8 nitrogen and oxygen atoms in total. The van der Waals surface area contributed by atoms with E-state index in [0.29, 0.717) is 37.0 Å². The summed E-state index contributed by atoms with van der Waals surface area (Å²) in [5, 5.41) is 7.44. The van der Waals surface area contributed by atoms with Crippen molar-refractivity contribution < 1.29 is 23.7 Å². The molecule has 0 saturated carbocycles. The summed E-state index contributed by atoms with van der Waals surface area (Å²) in [6.07, 6.45) is 3.59. The zero-order valence-corrected chi connectivity index (χ0v) is 18.7. The molecule has 1 aliphatic heterocycles. The molecule has 0 radical (unpaired) electrons. The molecule has 4 rings (SSSR count). The first-order chi connectivity index (χ1) is 15.4. The molecule has 0 saturated heterocycles. The third-order valence-corrected chi connectivity index (χ3v) is 5.49. The molecular weight excluding hydrogens is 410 g/mol. The molecule has 3 aromatic rings. The van der Waals surface area contributed by atoms with Crippen LogP contribution in [0.4, 0.5) is 0 Å². The summed E-state index contributed by atoms with van der Waals surface area (Å²) in [4.78, 5) is 13.0. The van der Waals surface area contributed by atoms with Gasteiger partial charge in [0.05, 0.1) is 20.4 Å². The quantitative estimate of drug-likeness (QED) is 0.610. The van der Waals surface area contributed by atoms with Gasteiger partial charge in [-0.3, -0.25) is 9.48 Å². The van der Waals surface area contributed by atoms with Crippen LogP contribution in [-0.2, 0) is 16.9 Å². The molecule has 2 aromatic carbocycles. The van der Waals surface area contributed by atoms with Gasteiger partial charge >= 0.3 is 0 Å². The fourth-order valence-electron chi connectivity index (χ4n) is 3.49. The number of carbonyl (C=O) groups excluding carboxylic acids is 1. The predicted molar refractivity (Wildman–Crippen MR) is 119 cm³/mol. The lowest BCUT2D eigenvalue weighted by Gasteiger charge is -2.24. The summed E-state index contributed by atoms with van der Waals surface area (Å²) >= 11 is 0. The molecule has 0 spiro atoms. The third-order valence-electron chi connectivity index (χ3n) is 5.49. The number of hydrogen-bond donors (Lipinski definition) is 1. The standard InChI is InChI=1S/C24H27N3O5/c1-24(2,23(28)25-13-16-5-7-20-22(11-16)32-10-9-31-20)27-15-18(14-26-27)17-6-8-19(29-3)21(12-17)30-4/h5-8,11-12,14-15H,9-10,13H2,1-4H3,(H,25,28). The predicted octanol–water partition coefficient (Wildman–Crippen LogP) is 3.39. The van der Waals surface area contributed by atoms with Crippen molar-refractivity contribution >= 4 is 5.91 Å². The van der Waals surface area contributed by atoms with Gasteiger partial charge in [-0.05, 0) is 49.2 Å². The number of benzene rings is 2. The van der Waals surface area contributed by atoms with Crippen molar-refractivity contribution in [3.8, 4) is 34.1 Å². The van der Waals surface area contributed by atoms with Crippen LogP contribution in [0.1, 0.15) is 19.4 Å². The summed E-state index contributed by atoms with van der Waals surface area (Å²) < 4.78 is 23.5. The number of amides is 1. The number of carbonyl (C=O) groups is 1. The number of methoxy groups -OCH3 is 2. The van der Waals surface area contributed by atoms with Crippen LogP contribution in [0.3, 0.4) is 0 Å². The van der Waals surface area contributed by atoms with E-state index in [9.17, 15) is 4.79 Å². The molecule has 1 amide bonds. The van der Waals surface area contributed by atoms with Gasteiger partial charge in [0, 0.05) is 18.3 Å². The topological polar surface area (TPSA) is 83.8 Å². The van der Waals surface area contributed by atoms with E-state index in [0.717, 1.165) is 22.4 Å². The molecular formula is C24H27N3O5. The summed E-state index contributed by atoms with van der Waals surface area (Å²) in [7, 11) is 3.20. The van der Waals surface area contributed by atoms with E-state index in [1.165, 1.54) is 0 Å². The highest BCUT2D eigenvalue weighted by Crippen LogP contribution is 2.33. The molecule has 0 unspecified atom stereocenters. The van der Waals surface area contributed by atoms with E-state index in [4.69, 9.17) is 18.9 Å². The van der Waals surface area contributed by atoms with Gasteiger partial charge in [0.1, 0.15) is 18.8 Å². The lowest BCUT2D eigenvalue weighted by Crippen LogP contribution is -2.44. The molecule has 2 heterocycles. The summed E-state index contributed by atoms with van der Waals surface area (Å²) in [5.41, 5.74) is 1.84. The van der Waals surface area contributed by atoms with Crippen LogP contribution < -0.4 is 24.3 Å². The fraction of sp³-hybridized carbons (Fsp3) is 0.333. The SMILES string of the molecule is COc1ccc(-c2cnn(C(C)(C)C(=O)NCc3ccc4c(c3)OCCO4)c2)cc1OC. The molecule has 1 aliphatic rings. The second-order valence-electron chi connectivity index (χ2n) is 7.96. The third kappa shape index (κ3) is 4.21. The monoisotopic (exact) mass is 437 g/mol. The van der Waals surface area contributed by atoms with Gasteiger partial charge in [-0.15, -0.1) is 0 Å². The maximum absolute atomic E-state index is 13.0. The molecule has 32 heavy (non-hydrogen) atoms. The van der Waals surface area contributed by atoms with Crippen molar-refractivity contribution in [3.05, 3.63) is 54.4 Å². The van der Waals surface area contributed by atoms with Crippen LogP contribution in [-0.4, -0.2) is 43.1 Å². The molecule has 8 heteroatoms. The largest absolute Gasteiger partial charge is 0.493 e. The van der Waals surface area contributed by atoms with Gasteiger partial charge in [0.15, 0.2) is 23.0 Å². The Labute approximate surface area is 187 Å². The highest BCUT2D eigenvalue weighted by molar-refractivity contribution is 5.83. The van der Waals surface area contributed by atoms with Crippen molar-refractivity contribution in [1.82, 2.24) is 15.1 Å². The Kier molecular flexibility index (Phi) is 5.94. The van der Waals surface area contributed by atoms with E-state index in [1.54, 1.807) is 25.1 Å². The number of fused-ring (bicyclic) bond motifs is 1. The average Bonchev–Trinajstić information content (AvgIpc) is 3.33. The summed E-state index contributed by atoms with van der Waals surface area (Å²) in [5.74, 6) is 2.57. The number of rotatable bonds is 7. The smallest absolute Gasteiger partial charge is 0.247 e. The second kappa shape index (κ2) is 8.82. The van der Waals surface area contributed by atoms with Crippen LogP contribution in [0.25, 0.3) is 11.1 Å². The van der Waals surface area contributed by atoms with E-state index in [2.05, 4.69) is 10.4 Å². The second-order valence-corrected chi connectivity index (χ2v) is 7.96. The normalized spacial score (nSPS) is 12.9. The highest BCUT2D eigenvalue weighted by Gasteiger charge is 2.30. The molecule has 0 aliphatic carbocycles. The summed E-state index contributed by atoms with van der Waals surface area (Å²) in [6, 6.07) is 11.3.